The van der Waals surface area contributed by atoms with Crippen molar-refractivity contribution in [2.45, 2.75) is 61.4 Å². The van der Waals surface area contributed by atoms with E-state index in [0.29, 0.717) is 6.61 Å². The highest BCUT2D eigenvalue weighted by Crippen LogP contribution is 2.15. The highest BCUT2D eigenvalue weighted by Gasteiger charge is 2.04. The van der Waals surface area contributed by atoms with Gasteiger partial charge in [-0.1, -0.05) is 39.8 Å². The second-order valence-corrected chi connectivity index (χ2v) is 4.35. The molecule has 1 aromatic heterocycles. The number of benzene rings is 1. The van der Waals surface area contributed by atoms with Crippen LogP contribution in [-0.2, 0) is 13.0 Å². The van der Waals surface area contributed by atoms with Gasteiger partial charge in [0.2, 0.25) is 0 Å². The normalized spacial score (nSPS) is 9.23. The molecule has 0 saturated heterocycles. The zero-order valence-electron chi connectivity index (χ0n) is 15.3. The van der Waals surface area contributed by atoms with Gasteiger partial charge in [0.05, 0.1) is 12.3 Å². The quantitative estimate of drug-likeness (QED) is 0.754. The van der Waals surface area contributed by atoms with E-state index in [0.717, 1.165) is 24.4 Å². The average Bonchev–Trinajstić information content (AvgIpc) is 2.93. The first-order chi connectivity index (χ1) is 10.7. The van der Waals surface area contributed by atoms with Crippen LogP contribution < -0.4 is 4.74 Å². The SMILES string of the molecule is CC.CC.CCOc1ccc(Cc2cc(C)n(CC)n2)cc1. The first kappa shape index (κ1) is 20.2. The summed E-state index contributed by atoms with van der Waals surface area (Å²) in [6.45, 7) is 15.8. The summed E-state index contributed by atoms with van der Waals surface area (Å²) < 4.78 is 7.46. The van der Waals surface area contributed by atoms with Crippen molar-refractivity contribution in [2.75, 3.05) is 6.61 Å². The second kappa shape index (κ2) is 11.8. The number of aromatic nitrogens is 2. The summed E-state index contributed by atoms with van der Waals surface area (Å²) in [5.41, 5.74) is 3.61. The molecule has 0 aliphatic rings. The number of hydrogen-bond acceptors (Lipinski definition) is 2. The molecule has 0 aliphatic carbocycles. The van der Waals surface area contributed by atoms with E-state index in [9.17, 15) is 0 Å². The van der Waals surface area contributed by atoms with Crippen molar-refractivity contribution < 1.29 is 4.74 Å². The fraction of sp³-hybridized carbons (Fsp3) is 0.526. The molecule has 1 heterocycles. The zero-order chi connectivity index (χ0) is 17.0. The van der Waals surface area contributed by atoms with E-state index < -0.39 is 0 Å². The molecule has 0 radical (unpaired) electrons. The fourth-order valence-electron chi connectivity index (χ4n) is 2.06. The van der Waals surface area contributed by atoms with Crippen LogP contribution in [0.3, 0.4) is 0 Å². The average molecular weight is 304 g/mol. The molecule has 0 unspecified atom stereocenters. The van der Waals surface area contributed by atoms with E-state index in [4.69, 9.17) is 4.74 Å². The maximum Gasteiger partial charge on any atom is 0.119 e. The van der Waals surface area contributed by atoms with Gasteiger partial charge in [0.25, 0.3) is 0 Å². The summed E-state index contributed by atoms with van der Waals surface area (Å²) in [7, 11) is 0. The first-order valence-corrected chi connectivity index (χ1v) is 8.48. The fourth-order valence-corrected chi connectivity index (χ4v) is 2.06. The minimum Gasteiger partial charge on any atom is -0.494 e. The van der Waals surface area contributed by atoms with Gasteiger partial charge in [-0.3, -0.25) is 4.68 Å². The molecule has 0 spiro atoms. The van der Waals surface area contributed by atoms with Gasteiger partial charge in [-0.15, -0.1) is 0 Å². The monoisotopic (exact) mass is 304 g/mol. The maximum atomic E-state index is 5.43. The van der Waals surface area contributed by atoms with Gasteiger partial charge in [-0.25, -0.2) is 0 Å². The Hall–Kier alpha value is -1.77. The summed E-state index contributed by atoms with van der Waals surface area (Å²) in [4.78, 5) is 0. The van der Waals surface area contributed by atoms with Gasteiger partial charge >= 0.3 is 0 Å². The summed E-state index contributed by atoms with van der Waals surface area (Å²) in [6.07, 6.45) is 0.875. The van der Waals surface area contributed by atoms with Crippen molar-refractivity contribution in [2.24, 2.45) is 0 Å². The van der Waals surface area contributed by atoms with Crippen molar-refractivity contribution in [3.8, 4) is 5.75 Å². The molecule has 124 valence electrons. The number of rotatable bonds is 5. The minimum atomic E-state index is 0.708. The Kier molecular flexibility index (Phi) is 10.9. The van der Waals surface area contributed by atoms with Gasteiger partial charge in [0.15, 0.2) is 0 Å². The third kappa shape index (κ3) is 6.33. The van der Waals surface area contributed by atoms with Crippen molar-refractivity contribution in [1.82, 2.24) is 9.78 Å². The number of nitrogens with zero attached hydrogens (tertiary/aromatic N) is 2. The van der Waals surface area contributed by atoms with Crippen LogP contribution in [0.1, 0.15) is 58.5 Å². The molecule has 22 heavy (non-hydrogen) atoms. The summed E-state index contributed by atoms with van der Waals surface area (Å²) in [5, 5.41) is 4.57. The van der Waals surface area contributed by atoms with E-state index >= 15 is 0 Å². The highest BCUT2D eigenvalue weighted by molar-refractivity contribution is 5.30. The van der Waals surface area contributed by atoms with E-state index in [1.54, 1.807) is 0 Å². The van der Waals surface area contributed by atoms with Crippen molar-refractivity contribution in [1.29, 1.82) is 0 Å². The second-order valence-electron chi connectivity index (χ2n) is 4.35. The predicted molar refractivity (Wildman–Crippen MR) is 95.8 cm³/mol. The summed E-state index contributed by atoms with van der Waals surface area (Å²) in [6, 6.07) is 10.4. The molecule has 0 N–H and O–H groups in total. The van der Waals surface area contributed by atoms with Crippen LogP contribution in [0.4, 0.5) is 0 Å². The van der Waals surface area contributed by atoms with Crippen LogP contribution >= 0.6 is 0 Å². The molecule has 0 atom stereocenters. The molecular formula is C19H32N2O. The largest absolute Gasteiger partial charge is 0.494 e. The lowest BCUT2D eigenvalue weighted by Gasteiger charge is -2.03. The molecule has 1 aromatic carbocycles. The van der Waals surface area contributed by atoms with Crippen LogP contribution in [0.5, 0.6) is 5.75 Å². The van der Waals surface area contributed by atoms with Gasteiger partial charge in [-0.2, -0.15) is 5.10 Å². The van der Waals surface area contributed by atoms with E-state index in [1.165, 1.54) is 11.3 Å². The summed E-state index contributed by atoms with van der Waals surface area (Å²) in [5.74, 6) is 0.927. The predicted octanol–water partition coefficient (Wildman–Crippen LogP) is 5.25. The minimum absolute atomic E-state index is 0.708. The van der Waals surface area contributed by atoms with E-state index in [2.05, 4.69) is 37.1 Å². The first-order valence-electron chi connectivity index (χ1n) is 8.48. The Morgan fingerprint density at radius 3 is 2.05 bits per heavy atom. The Morgan fingerprint density at radius 1 is 1.00 bits per heavy atom. The molecule has 0 amide bonds. The van der Waals surface area contributed by atoms with Crippen molar-refractivity contribution in [3.63, 3.8) is 0 Å². The third-order valence-electron chi connectivity index (χ3n) is 2.95. The van der Waals surface area contributed by atoms with Gasteiger partial charge in [0, 0.05) is 18.7 Å². The Balaban J connectivity index is 0.00000102. The molecule has 0 aliphatic heterocycles. The standard InChI is InChI=1S/C15H20N2O.2C2H6/c1-4-17-12(3)10-14(16-17)11-13-6-8-15(9-7-13)18-5-2;2*1-2/h6-10H,4-5,11H2,1-3H3;2*1-2H3. The highest BCUT2D eigenvalue weighted by atomic mass is 16.5. The van der Waals surface area contributed by atoms with E-state index in [-0.39, 0.29) is 0 Å². The van der Waals surface area contributed by atoms with E-state index in [1.807, 2.05) is 51.4 Å². The van der Waals surface area contributed by atoms with Crippen LogP contribution in [0.15, 0.2) is 30.3 Å². The molecule has 3 nitrogen and oxygen atoms in total. The molecule has 0 saturated carbocycles. The number of ether oxygens (including phenoxy) is 1. The number of aryl methyl sites for hydroxylation is 2. The lowest BCUT2D eigenvalue weighted by Crippen LogP contribution is -1.99. The van der Waals surface area contributed by atoms with Crippen LogP contribution in [0, 0.1) is 6.92 Å². The molecule has 3 heteroatoms. The van der Waals surface area contributed by atoms with Crippen LogP contribution in [0.2, 0.25) is 0 Å². The van der Waals surface area contributed by atoms with Crippen LogP contribution in [0.25, 0.3) is 0 Å². The molecule has 0 fully saturated rings. The molecule has 0 bridgehead atoms. The van der Waals surface area contributed by atoms with Gasteiger partial charge in [-0.05, 0) is 44.5 Å². The molecule has 2 aromatic rings. The van der Waals surface area contributed by atoms with Crippen LogP contribution in [-0.4, -0.2) is 16.4 Å². The lowest BCUT2D eigenvalue weighted by molar-refractivity contribution is 0.340. The third-order valence-corrected chi connectivity index (χ3v) is 2.95. The smallest absolute Gasteiger partial charge is 0.119 e. The Bertz CT molecular complexity index is 501. The van der Waals surface area contributed by atoms with Gasteiger partial charge in [0.1, 0.15) is 5.75 Å². The summed E-state index contributed by atoms with van der Waals surface area (Å²) >= 11 is 0. The van der Waals surface area contributed by atoms with Gasteiger partial charge < -0.3 is 4.74 Å². The Morgan fingerprint density at radius 2 is 1.59 bits per heavy atom. The maximum absolute atomic E-state index is 5.43. The topological polar surface area (TPSA) is 27.1 Å². The van der Waals surface area contributed by atoms with Crippen molar-refractivity contribution in [3.05, 3.63) is 47.3 Å². The molecular weight excluding hydrogens is 272 g/mol. The Labute approximate surface area is 136 Å². The molecule has 2 rings (SSSR count). The lowest BCUT2D eigenvalue weighted by atomic mass is 10.1. The van der Waals surface area contributed by atoms with Crippen molar-refractivity contribution >= 4 is 0 Å². The number of hydrogen-bond donors (Lipinski definition) is 0. The zero-order valence-corrected chi connectivity index (χ0v) is 15.3.